The van der Waals surface area contributed by atoms with E-state index in [2.05, 4.69) is 5.10 Å². The van der Waals surface area contributed by atoms with Gasteiger partial charge in [0.1, 0.15) is 0 Å². The lowest BCUT2D eigenvalue weighted by atomic mass is 10.3. The number of aromatic nitrogens is 2. The molecule has 1 aliphatic rings. The zero-order chi connectivity index (χ0) is 10.2. The van der Waals surface area contributed by atoms with E-state index in [1.165, 1.54) is 10.9 Å². The third-order valence-electron chi connectivity index (χ3n) is 2.60. The van der Waals surface area contributed by atoms with Crippen LogP contribution in [0.2, 0.25) is 0 Å². The first kappa shape index (κ1) is 9.55. The second kappa shape index (κ2) is 3.29. The molecule has 0 radical (unpaired) electrons. The molecule has 1 aromatic heterocycles. The monoisotopic (exact) mass is 204 g/mol. The highest BCUT2D eigenvalue weighted by Crippen LogP contribution is 2.32. The Morgan fingerprint density at radius 3 is 2.43 bits per heavy atom. The molecule has 0 spiro atoms. The first-order chi connectivity index (χ1) is 6.57. The van der Waals surface area contributed by atoms with Gasteiger partial charge in [-0.15, -0.1) is 0 Å². The van der Waals surface area contributed by atoms with Gasteiger partial charge >= 0.3 is 6.18 Å². The van der Waals surface area contributed by atoms with Crippen molar-refractivity contribution in [3.05, 3.63) is 18.0 Å². The third-order valence-corrected chi connectivity index (χ3v) is 2.60. The molecule has 0 unspecified atom stereocenters. The molecule has 1 heterocycles. The maximum atomic E-state index is 12.2. The Morgan fingerprint density at radius 1 is 1.29 bits per heavy atom. The number of hydrogen-bond acceptors (Lipinski definition) is 1. The van der Waals surface area contributed by atoms with E-state index in [1.807, 2.05) is 0 Å². The van der Waals surface area contributed by atoms with Gasteiger partial charge in [-0.1, -0.05) is 12.8 Å². The zero-order valence-electron chi connectivity index (χ0n) is 7.59. The quantitative estimate of drug-likeness (QED) is 0.687. The van der Waals surface area contributed by atoms with E-state index in [9.17, 15) is 13.2 Å². The summed E-state index contributed by atoms with van der Waals surface area (Å²) >= 11 is 0. The van der Waals surface area contributed by atoms with Crippen molar-refractivity contribution in [3.63, 3.8) is 0 Å². The molecule has 14 heavy (non-hydrogen) atoms. The standard InChI is InChI=1S/C9H11F3N2/c10-9(11,12)8-5-6-14(13-8)7-3-1-2-4-7/h5-7H,1-4H2. The predicted molar refractivity (Wildman–Crippen MR) is 44.7 cm³/mol. The number of hydrogen-bond donors (Lipinski definition) is 0. The van der Waals surface area contributed by atoms with Crippen LogP contribution in [0.25, 0.3) is 0 Å². The van der Waals surface area contributed by atoms with Gasteiger partial charge in [-0.25, -0.2) is 0 Å². The molecule has 0 N–H and O–H groups in total. The third kappa shape index (κ3) is 1.76. The Labute approximate surface area is 79.7 Å². The number of halogens is 3. The highest BCUT2D eigenvalue weighted by atomic mass is 19.4. The van der Waals surface area contributed by atoms with Crippen molar-refractivity contribution in [1.82, 2.24) is 9.78 Å². The lowest BCUT2D eigenvalue weighted by molar-refractivity contribution is -0.141. The second-order valence-electron chi connectivity index (χ2n) is 3.62. The van der Waals surface area contributed by atoms with Gasteiger partial charge in [-0.2, -0.15) is 18.3 Å². The summed E-state index contributed by atoms with van der Waals surface area (Å²) in [6.07, 6.45) is 1.18. The molecule has 2 nitrogen and oxygen atoms in total. The average molecular weight is 204 g/mol. The van der Waals surface area contributed by atoms with Crippen molar-refractivity contribution in [2.45, 2.75) is 37.9 Å². The van der Waals surface area contributed by atoms with E-state index in [0.717, 1.165) is 31.7 Å². The molecule has 1 aromatic rings. The van der Waals surface area contributed by atoms with Crippen LogP contribution in [0.1, 0.15) is 37.4 Å². The molecule has 1 aliphatic carbocycles. The van der Waals surface area contributed by atoms with Crippen LogP contribution in [-0.4, -0.2) is 9.78 Å². The summed E-state index contributed by atoms with van der Waals surface area (Å²) in [5, 5.41) is 3.56. The zero-order valence-corrected chi connectivity index (χ0v) is 7.59. The smallest absolute Gasteiger partial charge is 0.269 e. The van der Waals surface area contributed by atoms with Crippen LogP contribution >= 0.6 is 0 Å². The normalized spacial score (nSPS) is 19.1. The predicted octanol–water partition coefficient (Wildman–Crippen LogP) is 3.02. The van der Waals surface area contributed by atoms with Gasteiger partial charge in [0.25, 0.3) is 0 Å². The summed E-state index contributed by atoms with van der Waals surface area (Å²) in [5.74, 6) is 0. The Bertz CT molecular complexity index is 310. The van der Waals surface area contributed by atoms with E-state index in [-0.39, 0.29) is 6.04 Å². The van der Waals surface area contributed by atoms with Gasteiger partial charge in [-0.05, 0) is 18.9 Å². The van der Waals surface area contributed by atoms with Crippen molar-refractivity contribution in [2.75, 3.05) is 0 Å². The lowest BCUT2D eigenvalue weighted by Crippen LogP contribution is -2.10. The SMILES string of the molecule is FC(F)(F)c1ccn(C2CCCC2)n1. The molecule has 0 atom stereocenters. The van der Waals surface area contributed by atoms with E-state index >= 15 is 0 Å². The van der Waals surface area contributed by atoms with Crippen molar-refractivity contribution in [2.24, 2.45) is 0 Å². The van der Waals surface area contributed by atoms with Gasteiger partial charge in [0.2, 0.25) is 0 Å². The number of rotatable bonds is 1. The Balaban J connectivity index is 2.17. The fraction of sp³-hybridized carbons (Fsp3) is 0.667. The van der Waals surface area contributed by atoms with Crippen molar-refractivity contribution < 1.29 is 13.2 Å². The molecule has 0 aliphatic heterocycles. The minimum atomic E-state index is -4.32. The maximum Gasteiger partial charge on any atom is 0.435 e. The van der Waals surface area contributed by atoms with Gasteiger partial charge in [0.05, 0.1) is 6.04 Å². The Kier molecular flexibility index (Phi) is 2.25. The number of nitrogens with zero attached hydrogens (tertiary/aromatic N) is 2. The van der Waals surface area contributed by atoms with Crippen LogP contribution < -0.4 is 0 Å². The molecule has 2 rings (SSSR count). The van der Waals surface area contributed by atoms with Crippen molar-refractivity contribution in [1.29, 1.82) is 0 Å². The van der Waals surface area contributed by atoms with E-state index in [4.69, 9.17) is 0 Å². The molecule has 0 saturated heterocycles. The lowest BCUT2D eigenvalue weighted by Gasteiger charge is -2.09. The summed E-state index contributed by atoms with van der Waals surface area (Å²) in [5.41, 5.74) is -0.788. The molecule has 5 heteroatoms. The van der Waals surface area contributed by atoms with Gasteiger partial charge in [0, 0.05) is 6.20 Å². The van der Waals surface area contributed by atoms with E-state index in [0.29, 0.717) is 0 Å². The molecule has 0 amide bonds. The summed E-state index contributed by atoms with van der Waals surface area (Å²) in [6.45, 7) is 0. The summed E-state index contributed by atoms with van der Waals surface area (Å²) < 4.78 is 38.1. The van der Waals surface area contributed by atoms with Crippen LogP contribution in [-0.2, 0) is 6.18 Å². The highest BCUT2D eigenvalue weighted by Gasteiger charge is 2.34. The fourth-order valence-corrected chi connectivity index (χ4v) is 1.86. The largest absolute Gasteiger partial charge is 0.435 e. The molecular formula is C9H11F3N2. The summed E-state index contributed by atoms with van der Waals surface area (Å²) in [7, 11) is 0. The molecule has 1 saturated carbocycles. The van der Waals surface area contributed by atoms with Crippen molar-refractivity contribution >= 4 is 0 Å². The van der Waals surface area contributed by atoms with Crippen LogP contribution in [0.4, 0.5) is 13.2 Å². The van der Waals surface area contributed by atoms with Crippen molar-refractivity contribution in [3.8, 4) is 0 Å². The second-order valence-corrected chi connectivity index (χ2v) is 3.62. The van der Waals surface area contributed by atoms with E-state index in [1.54, 1.807) is 0 Å². The summed E-state index contributed by atoms with van der Waals surface area (Å²) in [6, 6.07) is 1.21. The molecule has 78 valence electrons. The van der Waals surface area contributed by atoms with Crippen LogP contribution in [0.15, 0.2) is 12.3 Å². The molecule has 0 aromatic carbocycles. The first-order valence-corrected chi connectivity index (χ1v) is 4.70. The van der Waals surface area contributed by atoms with Crippen LogP contribution in [0.3, 0.4) is 0 Å². The first-order valence-electron chi connectivity index (χ1n) is 4.70. The molecule has 0 bridgehead atoms. The average Bonchev–Trinajstić information content (AvgIpc) is 2.73. The topological polar surface area (TPSA) is 17.8 Å². The van der Waals surface area contributed by atoms with E-state index < -0.39 is 11.9 Å². The number of alkyl halides is 3. The van der Waals surface area contributed by atoms with Gasteiger partial charge < -0.3 is 0 Å². The van der Waals surface area contributed by atoms with Gasteiger partial charge in [-0.3, -0.25) is 4.68 Å². The fourth-order valence-electron chi connectivity index (χ4n) is 1.86. The van der Waals surface area contributed by atoms with Crippen LogP contribution in [0.5, 0.6) is 0 Å². The Hall–Kier alpha value is -1.00. The molecular weight excluding hydrogens is 193 g/mol. The minimum absolute atomic E-state index is 0.172. The Morgan fingerprint density at radius 2 is 1.93 bits per heavy atom. The van der Waals surface area contributed by atoms with Crippen LogP contribution in [0, 0.1) is 0 Å². The summed E-state index contributed by atoms with van der Waals surface area (Å²) in [4.78, 5) is 0. The minimum Gasteiger partial charge on any atom is -0.269 e. The molecule has 1 fully saturated rings. The highest BCUT2D eigenvalue weighted by molar-refractivity contribution is 5.04. The van der Waals surface area contributed by atoms with Gasteiger partial charge in [0.15, 0.2) is 5.69 Å². The maximum absolute atomic E-state index is 12.2.